The number of hydrogen-bond donors (Lipinski definition) is 1. The lowest BCUT2D eigenvalue weighted by atomic mass is 10.1. The molecule has 0 aliphatic carbocycles. The van der Waals surface area contributed by atoms with Crippen molar-refractivity contribution in [2.75, 3.05) is 6.54 Å². The molecule has 1 nitrogen and oxygen atoms in total. The Bertz CT molecular complexity index is 292. The van der Waals surface area contributed by atoms with Crippen LogP contribution in [0.5, 0.6) is 0 Å². The number of nitrogens with one attached hydrogen (secondary N) is 1. The fourth-order valence-electron chi connectivity index (χ4n) is 1.31. The Balaban J connectivity index is 2.43. The van der Waals surface area contributed by atoms with Gasteiger partial charge in [-0.3, -0.25) is 0 Å². The molecule has 0 radical (unpaired) electrons. The van der Waals surface area contributed by atoms with E-state index in [9.17, 15) is 4.39 Å². The van der Waals surface area contributed by atoms with Crippen LogP contribution in [-0.2, 0) is 6.54 Å². The smallest absolute Gasteiger partial charge is 0.129 e. The molecule has 0 bridgehead atoms. The molecule has 1 N–H and O–H groups in total. The Morgan fingerprint density at radius 1 is 1.40 bits per heavy atom. The lowest BCUT2D eigenvalue weighted by Gasteiger charge is -2.09. The van der Waals surface area contributed by atoms with Crippen molar-refractivity contribution in [2.24, 2.45) is 5.92 Å². The highest BCUT2D eigenvalue weighted by Gasteiger charge is 2.05. The van der Waals surface area contributed by atoms with Crippen LogP contribution in [0.25, 0.3) is 0 Å². The molecule has 1 aromatic rings. The lowest BCUT2D eigenvalue weighted by Crippen LogP contribution is -2.17. The van der Waals surface area contributed by atoms with Crippen LogP contribution in [-0.4, -0.2) is 6.54 Å². The molecular weight excluding hydrogens is 213 g/mol. The third kappa shape index (κ3) is 4.18. The van der Waals surface area contributed by atoms with Crippen molar-refractivity contribution in [3.8, 4) is 0 Å². The first-order chi connectivity index (χ1) is 7.11. The quantitative estimate of drug-likeness (QED) is 0.761. The van der Waals surface area contributed by atoms with E-state index in [1.165, 1.54) is 6.07 Å². The van der Waals surface area contributed by atoms with Gasteiger partial charge < -0.3 is 5.32 Å². The normalized spacial score (nSPS) is 11.0. The van der Waals surface area contributed by atoms with Crippen molar-refractivity contribution in [1.29, 1.82) is 0 Å². The van der Waals surface area contributed by atoms with E-state index in [1.54, 1.807) is 12.1 Å². The van der Waals surface area contributed by atoms with Crippen molar-refractivity contribution in [3.05, 3.63) is 34.6 Å². The lowest BCUT2D eigenvalue weighted by molar-refractivity contribution is 0.527. The average molecular weight is 230 g/mol. The highest BCUT2D eigenvalue weighted by atomic mass is 35.5. The summed E-state index contributed by atoms with van der Waals surface area (Å²) in [5, 5.41) is 3.68. The Kier molecular flexibility index (Phi) is 5.06. The molecule has 1 aromatic carbocycles. The van der Waals surface area contributed by atoms with Gasteiger partial charge in [-0.2, -0.15) is 0 Å². The van der Waals surface area contributed by atoms with E-state index in [-0.39, 0.29) is 5.82 Å². The zero-order valence-electron chi connectivity index (χ0n) is 9.19. The summed E-state index contributed by atoms with van der Waals surface area (Å²) in [7, 11) is 0. The maximum absolute atomic E-state index is 13.3. The van der Waals surface area contributed by atoms with Gasteiger partial charge in [0.2, 0.25) is 0 Å². The van der Waals surface area contributed by atoms with Gasteiger partial charge in [0, 0.05) is 17.1 Å². The van der Waals surface area contributed by atoms with Crippen LogP contribution in [0.2, 0.25) is 5.02 Å². The van der Waals surface area contributed by atoms with Gasteiger partial charge in [-0.1, -0.05) is 31.5 Å². The number of benzene rings is 1. The van der Waals surface area contributed by atoms with E-state index in [4.69, 9.17) is 11.6 Å². The molecule has 15 heavy (non-hydrogen) atoms. The molecule has 0 fully saturated rings. The second-order valence-corrected chi connectivity index (χ2v) is 4.47. The first kappa shape index (κ1) is 12.5. The number of hydrogen-bond acceptors (Lipinski definition) is 1. The Morgan fingerprint density at radius 2 is 2.13 bits per heavy atom. The third-order valence-corrected chi connectivity index (χ3v) is 2.62. The predicted octanol–water partition coefficient (Wildman–Crippen LogP) is 3.61. The van der Waals surface area contributed by atoms with Gasteiger partial charge in [0.1, 0.15) is 5.82 Å². The van der Waals surface area contributed by atoms with Gasteiger partial charge in [0.15, 0.2) is 0 Å². The highest BCUT2D eigenvalue weighted by Crippen LogP contribution is 2.18. The van der Waals surface area contributed by atoms with Gasteiger partial charge in [0.25, 0.3) is 0 Å². The van der Waals surface area contributed by atoms with Crippen LogP contribution in [0.15, 0.2) is 18.2 Å². The van der Waals surface area contributed by atoms with Crippen molar-refractivity contribution >= 4 is 11.6 Å². The van der Waals surface area contributed by atoms with Gasteiger partial charge in [-0.25, -0.2) is 4.39 Å². The Hall–Kier alpha value is -0.600. The fourth-order valence-corrected chi connectivity index (χ4v) is 1.54. The summed E-state index contributed by atoms with van der Waals surface area (Å²) in [6, 6.07) is 4.77. The topological polar surface area (TPSA) is 12.0 Å². The van der Waals surface area contributed by atoms with Crippen LogP contribution in [0.1, 0.15) is 25.8 Å². The molecule has 0 aliphatic heterocycles. The van der Waals surface area contributed by atoms with Crippen molar-refractivity contribution in [3.63, 3.8) is 0 Å². The van der Waals surface area contributed by atoms with E-state index in [0.717, 1.165) is 13.0 Å². The first-order valence-corrected chi connectivity index (χ1v) is 5.62. The van der Waals surface area contributed by atoms with Gasteiger partial charge in [0.05, 0.1) is 0 Å². The summed E-state index contributed by atoms with van der Waals surface area (Å²) in [6.07, 6.45) is 1.09. The summed E-state index contributed by atoms with van der Waals surface area (Å²) >= 11 is 5.89. The highest BCUT2D eigenvalue weighted by molar-refractivity contribution is 6.31. The SMILES string of the molecule is CC(C)CCNCc1c(F)cccc1Cl. The largest absolute Gasteiger partial charge is 0.313 e. The second-order valence-electron chi connectivity index (χ2n) is 4.06. The van der Waals surface area contributed by atoms with Gasteiger partial charge in [-0.15, -0.1) is 0 Å². The molecule has 0 aromatic heterocycles. The minimum Gasteiger partial charge on any atom is -0.313 e. The van der Waals surface area contributed by atoms with Gasteiger partial charge in [-0.05, 0) is 31.0 Å². The van der Waals surface area contributed by atoms with E-state index in [1.807, 2.05) is 0 Å². The first-order valence-electron chi connectivity index (χ1n) is 5.25. The minimum atomic E-state index is -0.237. The Labute approximate surface area is 95.6 Å². The molecule has 0 heterocycles. The fraction of sp³-hybridized carbons (Fsp3) is 0.500. The monoisotopic (exact) mass is 229 g/mol. The van der Waals surface area contributed by atoms with Crippen LogP contribution in [0.3, 0.4) is 0 Å². The maximum atomic E-state index is 13.3. The summed E-state index contributed by atoms with van der Waals surface area (Å²) in [6.45, 7) is 5.72. The van der Waals surface area contributed by atoms with E-state index < -0.39 is 0 Å². The van der Waals surface area contributed by atoms with Crippen LogP contribution in [0.4, 0.5) is 4.39 Å². The molecule has 3 heteroatoms. The van der Waals surface area contributed by atoms with Crippen LogP contribution >= 0.6 is 11.6 Å². The molecule has 0 spiro atoms. The number of rotatable bonds is 5. The Morgan fingerprint density at radius 3 is 2.73 bits per heavy atom. The van der Waals surface area contributed by atoms with Crippen molar-refractivity contribution in [1.82, 2.24) is 5.32 Å². The van der Waals surface area contributed by atoms with Gasteiger partial charge >= 0.3 is 0 Å². The van der Waals surface area contributed by atoms with E-state index in [0.29, 0.717) is 23.0 Å². The maximum Gasteiger partial charge on any atom is 0.129 e. The minimum absolute atomic E-state index is 0.237. The summed E-state index contributed by atoms with van der Waals surface area (Å²) in [4.78, 5) is 0. The van der Waals surface area contributed by atoms with E-state index >= 15 is 0 Å². The molecule has 0 aliphatic rings. The molecule has 0 saturated heterocycles. The third-order valence-electron chi connectivity index (χ3n) is 2.26. The molecule has 84 valence electrons. The average Bonchev–Trinajstić information content (AvgIpc) is 2.15. The zero-order chi connectivity index (χ0) is 11.3. The molecule has 0 amide bonds. The molecule has 0 unspecified atom stereocenters. The standard InChI is InChI=1S/C12H17ClFN/c1-9(2)6-7-15-8-10-11(13)4-3-5-12(10)14/h3-5,9,15H,6-8H2,1-2H3. The molecule has 1 rings (SSSR count). The predicted molar refractivity (Wildman–Crippen MR) is 62.6 cm³/mol. The summed E-state index contributed by atoms with van der Waals surface area (Å²) in [5.74, 6) is 0.424. The summed E-state index contributed by atoms with van der Waals surface area (Å²) in [5.41, 5.74) is 0.558. The molecular formula is C12H17ClFN. The number of halogens is 2. The molecule has 0 atom stereocenters. The molecule has 0 saturated carbocycles. The van der Waals surface area contributed by atoms with Crippen molar-refractivity contribution < 1.29 is 4.39 Å². The second kappa shape index (κ2) is 6.09. The summed E-state index contributed by atoms with van der Waals surface area (Å²) < 4.78 is 13.3. The van der Waals surface area contributed by atoms with Crippen LogP contribution in [0, 0.1) is 11.7 Å². The van der Waals surface area contributed by atoms with E-state index in [2.05, 4.69) is 19.2 Å². The van der Waals surface area contributed by atoms with Crippen LogP contribution < -0.4 is 5.32 Å². The zero-order valence-corrected chi connectivity index (χ0v) is 9.94. The van der Waals surface area contributed by atoms with Crippen molar-refractivity contribution in [2.45, 2.75) is 26.8 Å².